The highest BCUT2D eigenvalue weighted by Gasteiger charge is 2.19. The van der Waals surface area contributed by atoms with Crippen LogP contribution in [0.15, 0.2) is 24.3 Å². The SMILES string of the molecule is CCOc1nc2cc(OC)c(OC)cc2c2ccc(OC)c(OC)c12. The minimum absolute atomic E-state index is 0.487. The Bertz CT molecular complexity index is 923. The normalized spacial score (nSPS) is 10.8. The Balaban J connectivity index is 2.47. The number of ether oxygens (including phenoxy) is 5. The molecule has 0 aliphatic heterocycles. The highest BCUT2D eigenvalue weighted by atomic mass is 16.5. The van der Waals surface area contributed by atoms with Gasteiger partial charge in [0, 0.05) is 16.8 Å². The molecule has 2 aromatic carbocycles. The lowest BCUT2D eigenvalue weighted by Crippen LogP contribution is -2.00. The Hall–Kier alpha value is -2.89. The lowest BCUT2D eigenvalue weighted by molar-refractivity contribution is 0.327. The largest absolute Gasteiger partial charge is 0.493 e. The zero-order chi connectivity index (χ0) is 18.0. The lowest BCUT2D eigenvalue weighted by atomic mass is 10.0. The first-order chi connectivity index (χ1) is 12.2. The molecule has 0 saturated carbocycles. The molecule has 0 unspecified atom stereocenters. The molecular formula is C19H21NO5. The summed E-state index contributed by atoms with van der Waals surface area (Å²) in [5, 5.41) is 2.62. The van der Waals surface area contributed by atoms with Crippen LogP contribution in [0, 0.1) is 0 Å². The van der Waals surface area contributed by atoms with E-state index in [0.29, 0.717) is 35.5 Å². The van der Waals surface area contributed by atoms with Crippen LogP contribution in [0.2, 0.25) is 0 Å². The highest BCUT2D eigenvalue weighted by Crippen LogP contribution is 2.44. The van der Waals surface area contributed by atoms with Crippen LogP contribution in [-0.4, -0.2) is 40.0 Å². The zero-order valence-corrected chi connectivity index (χ0v) is 15.0. The van der Waals surface area contributed by atoms with E-state index in [4.69, 9.17) is 23.7 Å². The summed E-state index contributed by atoms with van der Waals surface area (Å²) in [6, 6.07) is 7.58. The van der Waals surface area contributed by atoms with Gasteiger partial charge in [-0.3, -0.25) is 0 Å². The van der Waals surface area contributed by atoms with Crippen LogP contribution in [0.4, 0.5) is 0 Å². The number of aromatic nitrogens is 1. The van der Waals surface area contributed by atoms with Crippen molar-refractivity contribution in [1.82, 2.24) is 4.98 Å². The first-order valence-electron chi connectivity index (χ1n) is 7.91. The lowest BCUT2D eigenvalue weighted by Gasteiger charge is -2.16. The second-order valence-electron chi connectivity index (χ2n) is 5.30. The van der Waals surface area contributed by atoms with Crippen molar-refractivity contribution in [3.05, 3.63) is 24.3 Å². The fraction of sp³-hybridized carbons (Fsp3) is 0.316. The van der Waals surface area contributed by atoms with Crippen LogP contribution in [0.5, 0.6) is 28.9 Å². The van der Waals surface area contributed by atoms with E-state index >= 15 is 0 Å². The van der Waals surface area contributed by atoms with Crippen molar-refractivity contribution in [3.63, 3.8) is 0 Å². The number of rotatable bonds is 6. The quantitative estimate of drug-likeness (QED) is 0.634. The van der Waals surface area contributed by atoms with E-state index in [1.165, 1.54) is 0 Å². The van der Waals surface area contributed by atoms with Gasteiger partial charge in [-0.05, 0) is 25.1 Å². The van der Waals surface area contributed by atoms with Gasteiger partial charge < -0.3 is 23.7 Å². The van der Waals surface area contributed by atoms with E-state index in [0.717, 1.165) is 21.7 Å². The average molecular weight is 343 g/mol. The minimum Gasteiger partial charge on any atom is -0.493 e. The van der Waals surface area contributed by atoms with Crippen LogP contribution in [0.3, 0.4) is 0 Å². The first kappa shape index (κ1) is 17.0. The highest BCUT2D eigenvalue weighted by molar-refractivity contribution is 6.11. The Morgan fingerprint density at radius 3 is 2.08 bits per heavy atom. The van der Waals surface area contributed by atoms with E-state index in [2.05, 4.69) is 4.98 Å². The van der Waals surface area contributed by atoms with Crippen molar-refractivity contribution in [2.24, 2.45) is 0 Å². The molecule has 1 heterocycles. The Morgan fingerprint density at radius 1 is 0.800 bits per heavy atom. The maximum atomic E-state index is 5.78. The van der Waals surface area contributed by atoms with Gasteiger partial charge in [0.25, 0.3) is 0 Å². The van der Waals surface area contributed by atoms with E-state index in [-0.39, 0.29) is 0 Å². The van der Waals surface area contributed by atoms with E-state index in [1.807, 2.05) is 31.2 Å². The van der Waals surface area contributed by atoms with Gasteiger partial charge in [0.15, 0.2) is 23.0 Å². The molecule has 0 bridgehead atoms. The van der Waals surface area contributed by atoms with Gasteiger partial charge in [0.2, 0.25) is 5.88 Å². The predicted octanol–water partition coefficient (Wildman–Crippen LogP) is 3.82. The van der Waals surface area contributed by atoms with Gasteiger partial charge in [0.05, 0.1) is 45.9 Å². The maximum Gasteiger partial charge on any atom is 0.225 e. The number of hydrogen-bond acceptors (Lipinski definition) is 6. The predicted molar refractivity (Wildman–Crippen MR) is 96.6 cm³/mol. The Labute approximate surface area is 146 Å². The first-order valence-corrected chi connectivity index (χ1v) is 7.91. The summed E-state index contributed by atoms with van der Waals surface area (Å²) in [6.45, 7) is 2.40. The van der Waals surface area contributed by atoms with Gasteiger partial charge in [-0.15, -0.1) is 0 Å². The molecule has 0 saturated heterocycles. The Kier molecular flexibility index (Phi) is 4.70. The summed E-state index contributed by atoms with van der Waals surface area (Å²) in [7, 11) is 6.41. The molecule has 6 heteroatoms. The summed E-state index contributed by atoms with van der Waals surface area (Å²) >= 11 is 0. The number of methoxy groups -OCH3 is 4. The van der Waals surface area contributed by atoms with Gasteiger partial charge in [0.1, 0.15) is 0 Å². The summed E-state index contributed by atoms with van der Waals surface area (Å²) in [5.41, 5.74) is 0.751. The Morgan fingerprint density at radius 2 is 1.48 bits per heavy atom. The molecule has 0 radical (unpaired) electrons. The smallest absolute Gasteiger partial charge is 0.225 e. The molecule has 25 heavy (non-hydrogen) atoms. The van der Waals surface area contributed by atoms with Crippen molar-refractivity contribution in [3.8, 4) is 28.9 Å². The minimum atomic E-state index is 0.487. The fourth-order valence-electron chi connectivity index (χ4n) is 2.95. The molecule has 0 atom stereocenters. The topological polar surface area (TPSA) is 59.0 Å². The van der Waals surface area contributed by atoms with Crippen molar-refractivity contribution in [2.75, 3.05) is 35.0 Å². The van der Waals surface area contributed by atoms with Gasteiger partial charge in [-0.1, -0.05) is 0 Å². The van der Waals surface area contributed by atoms with Gasteiger partial charge in [-0.25, -0.2) is 4.98 Å². The summed E-state index contributed by atoms with van der Waals surface area (Å²) in [6.07, 6.45) is 0. The fourth-order valence-corrected chi connectivity index (χ4v) is 2.95. The summed E-state index contributed by atoms with van der Waals surface area (Å²) in [5.74, 6) is 2.96. The standard InChI is InChI=1S/C19H21NO5/c1-6-25-19-17-11(7-8-14(21-2)18(17)24-5)12-9-15(22-3)16(23-4)10-13(12)20-19/h7-10H,6H2,1-5H3. The third-order valence-corrected chi connectivity index (χ3v) is 4.05. The van der Waals surface area contributed by atoms with Crippen molar-refractivity contribution in [2.45, 2.75) is 6.92 Å². The number of fused-ring (bicyclic) bond motifs is 3. The average Bonchev–Trinajstić information content (AvgIpc) is 2.65. The van der Waals surface area contributed by atoms with Crippen molar-refractivity contribution >= 4 is 21.7 Å². The third kappa shape index (κ3) is 2.73. The molecule has 0 fully saturated rings. The summed E-state index contributed by atoms with van der Waals surface area (Å²) < 4.78 is 27.6. The molecule has 0 amide bonds. The molecule has 0 N–H and O–H groups in total. The number of hydrogen-bond donors (Lipinski definition) is 0. The van der Waals surface area contributed by atoms with Gasteiger partial charge >= 0.3 is 0 Å². The molecule has 0 spiro atoms. The van der Waals surface area contributed by atoms with E-state index in [9.17, 15) is 0 Å². The van der Waals surface area contributed by atoms with Crippen LogP contribution >= 0.6 is 0 Å². The second-order valence-corrected chi connectivity index (χ2v) is 5.30. The molecular weight excluding hydrogens is 322 g/mol. The number of nitrogens with zero attached hydrogens (tertiary/aromatic N) is 1. The molecule has 3 aromatic rings. The van der Waals surface area contributed by atoms with E-state index in [1.54, 1.807) is 28.4 Å². The molecule has 132 valence electrons. The molecule has 0 aliphatic rings. The number of pyridine rings is 1. The van der Waals surface area contributed by atoms with Crippen molar-refractivity contribution in [1.29, 1.82) is 0 Å². The maximum absolute atomic E-state index is 5.78. The van der Waals surface area contributed by atoms with Gasteiger partial charge in [-0.2, -0.15) is 0 Å². The third-order valence-electron chi connectivity index (χ3n) is 4.05. The van der Waals surface area contributed by atoms with E-state index < -0.39 is 0 Å². The summed E-state index contributed by atoms with van der Waals surface area (Å²) in [4.78, 5) is 4.67. The van der Waals surface area contributed by atoms with Crippen LogP contribution in [-0.2, 0) is 0 Å². The molecule has 1 aromatic heterocycles. The van der Waals surface area contributed by atoms with Crippen LogP contribution < -0.4 is 23.7 Å². The molecule has 3 rings (SSSR count). The molecule has 0 aliphatic carbocycles. The van der Waals surface area contributed by atoms with Crippen LogP contribution in [0.25, 0.3) is 21.7 Å². The van der Waals surface area contributed by atoms with Crippen LogP contribution in [0.1, 0.15) is 6.92 Å². The zero-order valence-electron chi connectivity index (χ0n) is 15.0. The molecule has 6 nitrogen and oxygen atoms in total. The monoisotopic (exact) mass is 343 g/mol. The number of benzene rings is 2. The second kappa shape index (κ2) is 6.93. The van der Waals surface area contributed by atoms with Crippen molar-refractivity contribution < 1.29 is 23.7 Å².